The molecule has 5 rings (SSSR count). The van der Waals surface area contributed by atoms with Crippen molar-refractivity contribution in [1.29, 1.82) is 0 Å². The number of fused-ring (bicyclic) bond motifs is 1. The lowest BCUT2D eigenvalue weighted by atomic mass is 9.94. The van der Waals surface area contributed by atoms with E-state index in [4.69, 9.17) is 14.2 Å². The van der Waals surface area contributed by atoms with Gasteiger partial charge in [-0.25, -0.2) is 22.6 Å². The maximum atomic E-state index is 13.7. The van der Waals surface area contributed by atoms with Gasteiger partial charge in [0.25, 0.3) is 0 Å². The third kappa shape index (κ3) is 4.10. The smallest absolute Gasteiger partial charge is 0.332 e. The molecule has 1 unspecified atom stereocenters. The number of rotatable bonds is 4. The standard InChI is InChI=1S/C22H18F3N3O5/c23-13-6-12(7-14(24)19(13)25)15-9-28(27-26-15)16-8-17(21(29)30)32-18-10-31-22(33-20(16)18)11-4-2-1-3-5-11/h1-7,9,16-18,20,22H,8,10H2,(H,29,30)/t16-,17-,18-,20-,22?/m1/s1. The van der Waals surface area contributed by atoms with Gasteiger partial charge < -0.3 is 19.3 Å². The van der Waals surface area contributed by atoms with E-state index in [2.05, 4.69) is 10.3 Å². The summed E-state index contributed by atoms with van der Waals surface area (Å²) in [6, 6.07) is 10.2. The number of ether oxygens (including phenoxy) is 3. The Morgan fingerprint density at radius 1 is 1.09 bits per heavy atom. The summed E-state index contributed by atoms with van der Waals surface area (Å²) in [7, 11) is 0. The van der Waals surface area contributed by atoms with E-state index in [1.54, 1.807) is 0 Å². The van der Waals surface area contributed by atoms with Crippen molar-refractivity contribution in [3.8, 4) is 11.3 Å². The zero-order chi connectivity index (χ0) is 23.1. The van der Waals surface area contributed by atoms with E-state index in [1.807, 2.05) is 30.3 Å². The second-order valence-corrected chi connectivity index (χ2v) is 7.82. The molecular weight excluding hydrogens is 443 g/mol. The minimum absolute atomic E-state index is 0.00824. The fraction of sp³-hybridized carbons (Fsp3) is 0.318. The second-order valence-electron chi connectivity index (χ2n) is 7.82. The monoisotopic (exact) mass is 461 g/mol. The van der Waals surface area contributed by atoms with E-state index in [0.717, 1.165) is 17.7 Å². The average Bonchev–Trinajstić information content (AvgIpc) is 3.32. The first-order chi connectivity index (χ1) is 15.9. The van der Waals surface area contributed by atoms with Gasteiger partial charge in [-0.1, -0.05) is 35.5 Å². The molecular formula is C22H18F3N3O5. The van der Waals surface area contributed by atoms with Crippen LogP contribution >= 0.6 is 0 Å². The highest BCUT2D eigenvalue weighted by Gasteiger charge is 2.47. The van der Waals surface area contributed by atoms with Crippen LogP contribution in [-0.4, -0.2) is 51.0 Å². The van der Waals surface area contributed by atoms with Gasteiger partial charge >= 0.3 is 5.97 Å². The fourth-order valence-corrected chi connectivity index (χ4v) is 4.10. The van der Waals surface area contributed by atoms with Gasteiger partial charge in [-0.05, 0) is 12.1 Å². The third-order valence-corrected chi connectivity index (χ3v) is 5.71. The zero-order valence-electron chi connectivity index (χ0n) is 17.0. The minimum Gasteiger partial charge on any atom is -0.479 e. The van der Waals surface area contributed by atoms with Crippen LogP contribution in [0, 0.1) is 17.5 Å². The summed E-state index contributed by atoms with van der Waals surface area (Å²) in [5, 5.41) is 17.5. The van der Waals surface area contributed by atoms with E-state index < -0.39 is 54.1 Å². The first-order valence-corrected chi connectivity index (χ1v) is 10.2. The van der Waals surface area contributed by atoms with Gasteiger partial charge in [-0.15, -0.1) is 5.10 Å². The Morgan fingerprint density at radius 3 is 2.52 bits per heavy atom. The number of halogens is 3. The van der Waals surface area contributed by atoms with Gasteiger partial charge in [-0.2, -0.15) is 0 Å². The first kappa shape index (κ1) is 21.6. The van der Waals surface area contributed by atoms with Crippen molar-refractivity contribution in [2.24, 2.45) is 0 Å². The number of hydrogen-bond donors (Lipinski definition) is 1. The van der Waals surface area contributed by atoms with Gasteiger partial charge in [0, 0.05) is 17.5 Å². The fourth-order valence-electron chi connectivity index (χ4n) is 4.10. The molecule has 33 heavy (non-hydrogen) atoms. The highest BCUT2D eigenvalue weighted by atomic mass is 19.2. The van der Waals surface area contributed by atoms with Crippen LogP contribution in [0.15, 0.2) is 48.7 Å². The van der Waals surface area contributed by atoms with Crippen molar-refractivity contribution in [2.45, 2.75) is 37.1 Å². The van der Waals surface area contributed by atoms with Crippen LogP contribution in [0.5, 0.6) is 0 Å². The van der Waals surface area contributed by atoms with Gasteiger partial charge in [0.15, 0.2) is 29.8 Å². The molecule has 0 spiro atoms. The molecule has 0 radical (unpaired) electrons. The summed E-state index contributed by atoms with van der Waals surface area (Å²) in [6.45, 7) is 0.0977. The van der Waals surface area contributed by atoms with Crippen molar-refractivity contribution in [1.82, 2.24) is 15.0 Å². The number of carboxylic acid groups (broad SMARTS) is 1. The molecule has 0 aliphatic carbocycles. The minimum atomic E-state index is -1.58. The molecule has 0 bridgehead atoms. The molecule has 8 nitrogen and oxygen atoms in total. The Morgan fingerprint density at radius 2 is 1.82 bits per heavy atom. The predicted molar refractivity (Wildman–Crippen MR) is 105 cm³/mol. The Bertz CT molecular complexity index is 1150. The van der Waals surface area contributed by atoms with Gasteiger partial charge in [0.2, 0.25) is 0 Å². The molecule has 3 heterocycles. The molecule has 3 aromatic rings. The Labute approximate surface area is 185 Å². The molecule has 2 fully saturated rings. The largest absolute Gasteiger partial charge is 0.479 e. The molecule has 5 atom stereocenters. The van der Waals surface area contributed by atoms with Crippen LogP contribution in [-0.2, 0) is 19.0 Å². The second kappa shape index (κ2) is 8.58. The van der Waals surface area contributed by atoms with E-state index in [9.17, 15) is 23.1 Å². The van der Waals surface area contributed by atoms with Crippen molar-refractivity contribution < 1.29 is 37.3 Å². The predicted octanol–water partition coefficient (Wildman–Crippen LogP) is 3.26. The van der Waals surface area contributed by atoms with Crippen LogP contribution < -0.4 is 0 Å². The van der Waals surface area contributed by atoms with Crippen LogP contribution in [0.2, 0.25) is 0 Å². The Hall–Kier alpha value is -3.28. The summed E-state index contributed by atoms with van der Waals surface area (Å²) in [6.07, 6.45) is -1.70. The van der Waals surface area contributed by atoms with E-state index in [0.29, 0.717) is 0 Å². The Kier molecular flexibility index (Phi) is 5.60. The summed E-state index contributed by atoms with van der Waals surface area (Å²) in [4.78, 5) is 11.7. The normalized spacial score (nSPS) is 27.2. The number of carboxylic acids is 1. The Balaban J connectivity index is 1.46. The maximum Gasteiger partial charge on any atom is 0.332 e. The lowest BCUT2D eigenvalue weighted by molar-refractivity contribution is -0.298. The number of aromatic nitrogens is 3. The van der Waals surface area contributed by atoms with E-state index in [1.165, 1.54) is 10.9 Å². The number of hydrogen-bond acceptors (Lipinski definition) is 6. The van der Waals surface area contributed by atoms with Crippen LogP contribution in [0.4, 0.5) is 13.2 Å². The lowest BCUT2D eigenvalue weighted by Gasteiger charge is -2.44. The third-order valence-electron chi connectivity index (χ3n) is 5.71. The summed E-state index contributed by atoms with van der Waals surface area (Å²) in [5.41, 5.74) is 0.868. The summed E-state index contributed by atoms with van der Waals surface area (Å²) in [5.74, 6) is -5.43. The molecule has 2 aromatic carbocycles. The van der Waals surface area contributed by atoms with E-state index >= 15 is 0 Å². The molecule has 1 aromatic heterocycles. The lowest BCUT2D eigenvalue weighted by Crippen LogP contribution is -2.54. The SMILES string of the molecule is O=C(O)[C@H]1C[C@@H](n2cc(-c3cc(F)c(F)c(F)c3)nn2)[C@H]2OC(c3ccccc3)OC[C@H]2O1. The van der Waals surface area contributed by atoms with Crippen molar-refractivity contribution >= 4 is 5.97 Å². The molecule has 1 N–H and O–H groups in total. The molecule has 0 amide bonds. The number of benzene rings is 2. The van der Waals surface area contributed by atoms with Crippen LogP contribution in [0.1, 0.15) is 24.3 Å². The number of carbonyl (C=O) groups is 1. The molecule has 0 saturated carbocycles. The molecule has 172 valence electrons. The maximum absolute atomic E-state index is 13.7. The zero-order valence-corrected chi connectivity index (χ0v) is 17.0. The van der Waals surface area contributed by atoms with Crippen LogP contribution in [0.25, 0.3) is 11.3 Å². The number of aliphatic carboxylic acids is 1. The van der Waals surface area contributed by atoms with Gasteiger partial charge in [-0.3, -0.25) is 0 Å². The van der Waals surface area contributed by atoms with Crippen LogP contribution in [0.3, 0.4) is 0 Å². The van der Waals surface area contributed by atoms with Crippen molar-refractivity contribution in [3.63, 3.8) is 0 Å². The van der Waals surface area contributed by atoms with Crippen molar-refractivity contribution in [3.05, 3.63) is 71.7 Å². The molecule has 11 heteroatoms. The van der Waals surface area contributed by atoms with E-state index in [-0.39, 0.29) is 24.3 Å². The highest BCUT2D eigenvalue weighted by molar-refractivity contribution is 5.72. The van der Waals surface area contributed by atoms with Gasteiger partial charge in [0.05, 0.1) is 18.8 Å². The topological polar surface area (TPSA) is 95.7 Å². The summed E-state index contributed by atoms with van der Waals surface area (Å²) >= 11 is 0. The molecule has 2 aliphatic rings. The van der Waals surface area contributed by atoms with Crippen molar-refractivity contribution in [2.75, 3.05) is 6.61 Å². The quantitative estimate of drug-likeness (QED) is 0.596. The molecule has 2 saturated heterocycles. The van der Waals surface area contributed by atoms with Gasteiger partial charge in [0.1, 0.15) is 17.9 Å². The first-order valence-electron chi connectivity index (χ1n) is 10.2. The highest BCUT2D eigenvalue weighted by Crippen LogP contribution is 2.39. The molecule has 2 aliphatic heterocycles. The summed E-state index contributed by atoms with van der Waals surface area (Å²) < 4.78 is 59.6. The number of nitrogens with zero attached hydrogens (tertiary/aromatic N) is 3. The average molecular weight is 461 g/mol.